The molecule has 112 valence electrons. The predicted molar refractivity (Wildman–Crippen MR) is 84.3 cm³/mol. The Morgan fingerprint density at radius 2 is 1.80 bits per heavy atom. The van der Waals surface area contributed by atoms with Crippen LogP contribution in [-0.2, 0) is 5.41 Å². The van der Waals surface area contributed by atoms with Crippen molar-refractivity contribution in [3.8, 4) is 0 Å². The first-order chi connectivity index (χ1) is 9.04. The number of pyridine rings is 1. The normalized spacial score (nSPS) is 13.4. The molecule has 1 atom stereocenters. The van der Waals surface area contributed by atoms with E-state index in [0.29, 0.717) is 16.6 Å². The Hall–Kier alpha value is -1.09. The van der Waals surface area contributed by atoms with E-state index in [1.807, 2.05) is 13.1 Å². The van der Waals surface area contributed by atoms with E-state index >= 15 is 0 Å². The van der Waals surface area contributed by atoms with Crippen molar-refractivity contribution in [1.29, 1.82) is 0 Å². The second kappa shape index (κ2) is 6.13. The number of carbonyl (C=O) groups is 1. The van der Waals surface area contributed by atoms with Crippen LogP contribution >= 0.6 is 11.6 Å². The van der Waals surface area contributed by atoms with Crippen molar-refractivity contribution in [3.63, 3.8) is 0 Å². The van der Waals surface area contributed by atoms with Gasteiger partial charge in [0.1, 0.15) is 5.15 Å². The highest BCUT2D eigenvalue weighted by Crippen LogP contribution is 2.24. The molecule has 0 radical (unpaired) electrons. The van der Waals surface area contributed by atoms with Crippen LogP contribution in [0, 0.1) is 5.92 Å². The molecule has 0 saturated heterocycles. The summed E-state index contributed by atoms with van der Waals surface area (Å²) in [4.78, 5) is 18.6. The van der Waals surface area contributed by atoms with Crippen LogP contribution in [0.1, 0.15) is 57.6 Å². The summed E-state index contributed by atoms with van der Waals surface area (Å²) in [6, 6.07) is 3.66. The Morgan fingerprint density at radius 3 is 2.25 bits per heavy atom. The molecule has 1 amide bonds. The van der Waals surface area contributed by atoms with Crippen molar-refractivity contribution in [2.45, 2.75) is 53.0 Å². The third kappa shape index (κ3) is 3.95. The maximum Gasteiger partial charge on any atom is 0.254 e. The molecule has 4 heteroatoms. The number of hydrogen-bond donors (Lipinski definition) is 0. The van der Waals surface area contributed by atoms with Crippen LogP contribution in [0.5, 0.6) is 0 Å². The number of halogens is 1. The number of rotatable bonds is 3. The van der Waals surface area contributed by atoms with Gasteiger partial charge >= 0.3 is 0 Å². The van der Waals surface area contributed by atoms with Crippen LogP contribution in [0.4, 0.5) is 0 Å². The molecule has 0 aliphatic carbocycles. The fourth-order valence-corrected chi connectivity index (χ4v) is 2.05. The first-order valence-electron chi connectivity index (χ1n) is 6.99. The number of hydrogen-bond acceptors (Lipinski definition) is 2. The number of nitrogens with zero attached hydrogens (tertiary/aromatic N) is 2. The highest BCUT2D eigenvalue weighted by Gasteiger charge is 2.23. The Balaban J connectivity index is 3.14. The van der Waals surface area contributed by atoms with Crippen LogP contribution in [-0.4, -0.2) is 28.9 Å². The topological polar surface area (TPSA) is 33.2 Å². The van der Waals surface area contributed by atoms with E-state index in [1.54, 1.807) is 11.0 Å². The highest BCUT2D eigenvalue weighted by molar-refractivity contribution is 6.29. The zero-order valence-corrected chi connectivity index (χ0v) is 14.2. The molecule has 0 fully saturated rings. The lowest BCUT2D eigenvalue weighted by molar-refractivity contribution is 0.0707. The van der Waals surface area contributed by atoms with Crippen molar-refractivity contribution in [3.05, 3.63) is 28.5 Å². The SMILES string of the molecule is CC(C)C(C)N(C)C(=O)c1cc(Cl)nc(C(C)(C)C)c1. The van der Waals surface area contributed by atoms with E-state index in [9.17, 15) is 4.79 Å². The van der Waals surface area contributed by atoms with E-state index in [-0.39, 0.29) is 17.4 Å². The van der Waals surface area contributed by atoms with Crippen molar-refractivity contribution in [2.75, 3.05) is 7.05 Å². The molecule has 20 heavy (non-hydrogen) atoms. The van der Waals surface area contributed by atoms with Gasteiger partial charge in [0, 0.05) is 29.8 Å². The second-order valence-corrected chi connectivity index (χ2v) is 7.10. The summed E-state index contributed by atoms with van der Waals surface area (Å²) in [5, 5.41) is 0.367. The van der Waals surface area contributed by atoms with E-state index in [4.69, 9.17) is 11.6 Å². The number of carbonyl (C=O) groups excluding carboxylic acids is 1. The molecule has 0 aromatic carbocycles. The van der Waals surface area contributed by atoms with Gasteiger partial charge in [-0.3, -0.25) is 4.79 Å². The lowest BCUT2D eigenvalue weighted by atomic mass is 9.90. The molecule has 1 unspecified atom stereocenters. The van der Waals surface area contributed by atoms with Crippen LogP contribution in [0.15, 0.2) is 12.1 Å². The van der Waals surface area contributed by atoms with E-state index < -0.39 is 0 Å². The molecule has 1 heterocycles. The summed E-state index contributed by atoms with van der Waals surface area (Å²) in [7, 11) is 1.83. The van der Waals surface area contributed by atoms with Gasteiger partial charge in [-0.25, -0.2) is 4.98 Å². The fraction of sp³-hybridized carbons (Fsp3) is 0.625. The summed E-state index contributed by atoms with van der Waals surface area (Å²) < 4.78 is 0. The molecular formula is C16H25ClN2O. The largest absolute Gasteiger partial charge is 0.339 e. The zero-order valence-electron chi connectivity index (χ0n) is 13.5. The Kier molecular flexibility index (Phi) is 5.20. The van der Waals surface area contributed by atoms with Crippen LogP contribution in [0.3, 0.4) is 0 Å². The summed E-state index contributed by atoms with van der Waals surface area (Å²) in [6.45, 7) is 12.4. The Morgan fingerprint density at radius 1 is 1.25 bits per heavy atom. The van der Waals surface area contributed by atoms with Gasteiger partial charge in [0.15, 0.2) is 0 Å². The average molecular weight is 297 g/mol. The van der Waals surface area contributed by atoms with E-state index in [2.05, 4.69) is 46.5 Å². The van der Waals surface area contributed by atoms with Gasteiger partial charge in [-0.2, -0.15) is 0 Å². The van der Waals surface area contributed by atoms with Crippen LogP contribution in [0.2, 0.25) is 5.15 Å². The van der Waals surface area contributed by atoms with Crippen LogP contribution in [0.25, 0.3) is 0 Å². The van der Waals surface area contributed by atoms with Crippen molar-refractivity contribution in [2.24, 2.45) is 5.92 Å². The summed E-state index contributed by atoms with van der Waals surface area (Å²) in [5.74, 6) is 0.393. The molecule has 0 bridgehead atoms. The molecule has 0 aliphatic rings. The fourth-order valence-electron chi connectivity index (χ4n) is 1.84. The maximum absolute atomic E-state index is 12.6. The van der Waals surface area contributed by atoms with Crippen molar-refractivity contribution >= 4 is 17.5 Å². The van der Waals surface area contributed by atoms with E-state index in [0.717, 1.165) is 5.69 Å². The molecular weight excluding hydrogens is 272 g/mol. The van der Waals surface area contributed by atoms with Crippen molar-refractivity contribution < 1.29 is 4.79 Å². The minimum absolute atomic E-state index is 0.0130. The summed E-state index contributed by atoms with van der Waals surface area (Å²) >= 11 is 6.07. The molecule has 0 N–H and O–H groups in total. The van der Waals surface area contributed by atoms with Gasteiger partial charge in [-0.05, 0) is 25.0 Å². The average Bonchev–Trinajstić information content (AvgIpc) is 2.34. The molecule has 0 saturated carbocycles. The van der Waals surface area contributed by atoms with Gasteiger partial charge in [0.2, 0.25) is 0 Å². The third-order valence-corrected chi connectivity index (χ3v) is 3.90. The monoisotopic (exact) mass is 296 g/mol. The second-order valence-electron chi connectivity index (χ2n) is 6.71. The first kappa shape index (κ1) is 17.0. The van der Waals surface area contributed by atoms with E-state index in [1.165, 1.54) is 0 Å². The minimum atomic E-state index is -0.137. The zero-order chi connectivity index (χ0) is 15.7. The standard InChI is InChI=1S/C16H25ClN2O/c1-10(2)11(3)19(7)15(20)12-8-13(16(4,5)6)18-14(17)9-12/h8-11H,1-7H3. The van der Waals surface area contributed by atoms with Gasteiger partial charge in [0.25, 0.3) is 5.91 Å². The third-order valence-electron chi connectivity index (χ3n) is 3.71. The summed E-state index contributed by atoms with van der Waals surface area (Å²) in [5.41, 5.74) is 1.30. The predicted octanol–water partition coefficient (Wildman–Crippen LogP) is 4.15. The minimum Gasteiger partial charge on any atom is -0.339 e. The molecule has 1 aromatic heterocycles. The number of amides is 1. The van der Waals surface area contributed by atoms with Gasteiger partial charge < -0.3 is 4.90 Å². The lowest BCUT2D eigenvalue weighted by Crippen LogP contribution is -2.38. The lowest BCUT2D eigenvalue weighted by Gasteiger charge is -2.28. The van der Waals surface area contributed by atoms with Crippen LogP contribution < -0.4 is 0 Å². The highest BCUT2D eigenvalue weighted by atomic mass is 35.5. The summed E-state index contributed by atoms with van der Waals surface area (Å²) in [6.07, 6.45) is 0. The smallest absolute Gasteiger partial charge is 0.254 e. The van der Waals surface area contributed by atoms with Crippen molar-refractivity contribution in [1.82, 2.24) is 9.88 Å². The Labute approximate surface area is 127 Å². The van der Waals surface area contributed by atoms with Gasteiger partial charge in [0.05, 0.1) is 0 Å². The van der Waals surface area contributed by atoms with Gasteiger partial charge in [-0.1, -0.05) is 46.2 Å². The number of aromatic nitrogens is 1. The Bertz CT molecular complexity index is 492. The molecule has 3 nitrogen and oxygen atoms in total. The maximum atomic E-state index is 12.6. The quantitative estimate of drug-likeness (QED) is 0.785. The van der Waals surface area contributed by atoms with Gasteiger partial charge in [-0.15, -0.1) is 0 Å². The molecule has 1 aromatic rings. The molecule has 1 rings (SSSR count). The molecule has 0 spiro atoms. The molecule has 0 aliphatic heterocycles. The first-order valence-corrected chi connectivity index (χ1v) is 7.37.